The van der Waals surface area contributed by atoms with Crippen LogP contribution in [-0.2, 0) is 4.79 Å². The largest absolute Gasteiger partial charge is 0.481 e. The van der Waals surface area contributed by atoms with Gasteiger partial charge in [-0.05, 0) is 18.6 Å². The van der Waals surface area contributed by atoms with Crippen molar-refractivity contribution in [3.63, 3.8) is 0 Å². The van der Waals surface area contributed by atoms with Crippen LogP contribution in [0.25, 0.3) is 0 Å². The van der Waals surface area contributed by atoms with E-state index in [1.165, 1.54) is 19.1 Å². The molecule has 0 aromatic heterocycles. The first-order valence-electron chi connectivity index (χ1n) is 4.09. The molecule has 1 N–H and O–H groups in total. The third kappa shape index (κ3) is 2.76. The molecule has 6 heteroatoms. The molecule has 0 saturated heterocycles. The summed E-state index contributed by atoms with van der Waals surface area (Å²) in [5.41, 5.74) is 0.288. The first-order chi connectivity index (χ1) is 6.91. The third-order valence-corrected chi connectivity index (χ3v) is 2.44. The van der Waals surface area contributed by atoms with E-state index in [-0.39, 0.29) is 5.69 Å². The van der Waals surface area contributed by atoms with Crippen molar-refractivity contribution in [3.05, 3.63) is 38.3 Å². The van der Waals surface area contributed by atoms with Crippen molar-refractivity contribution in [1.29, 1.82) is 0 Å². The predicted molar refractivity (Wildman–Crippen MR) is 56.8 cm³/mol. The van der Waals surface area contributed by atoms with E-state index in [1.54, 1.807) is 6.07 Å². The number of nitro groups is 1. The molecule has 0 fully saturated rings. The molecule has 1 aromatic rings. The molecule has 15 heavy (non-hydrogen) atoms. The maximum atomic E-state index is 10.7. The zero-order chi connectivity index (χ0) is 11.6. The van der Waals surface area contributed by atoms with E-state index in [4.69, 9.17) is 5.11 Å². The van der Waals surface area contributed by atoms with E-state index in [1.807, 2.05) is 0 Å². The van der Waals surface area contributed by atoms with E-state index >= 15 is 0 Å². The Morgan fingerprint density at radius 2 is 2.13 bits per heavy atom. The number of benzene rings is 1. The average Bonchev–Trinajstić information content (AvgIpc) is 2.15. The Kier molecular flexibility index (Phi) is 3.41. The molecule has 1 atom stereocenters. The van der Waals surface area contributed by atoms with Crippen LogP contribution in [0.15, 0.2) is 22.7 Å². The van der Waals surface area contributed by atoms with Crippen molar-refractivity contribution >= 4 is 27.6 Å². The van der Waals surface area contributed by atoms with E-state index in [9.17, 15) is 14.9 Å². The van der Waals surface area contributed by atoms with Gasteiger partial charge in [0, 0.05) is 16.6 Å². The predicted octanol–water partition coefficient (Wildman–Crippen LogP) is 2.55. The SMILES string of the molecule is CC(C(=O)O)c1cc(Br)cc([N+](=O)[O-])c1. The van der Waals surface area contributed by atoms with Gasteiger partial charge in [0.2, 0.25) is 0 Å². The van der Waals surface area contributed by atoms with E-state index in [2.05, 4.69) is 15.9 Å². The second-order valence-corrected chi connectivity index (χ2v) is 3.98. The smallest absolute Gasteiger partial charge is 0.310 e. The molecular formula is C9H8BrNO4. The molecule has 0 amide bonds. The molecule has 80 valence electrons. The number of nitro benzene ring substituents is 1. The van der Waals surface area contributed by atoms with Gasteiger partial charge in [-0.3, -0.25) is 14.9 Å². The number of nitrogens with zero attached hydrogens (tertiary/aromatic N) is 1. The number of carboxylic acid groups (broad SMARTS) is 1. The van der Waals surface area contributed by atoms with Gasteiger partial charge in [0.1, 0.15) is 0 Å². The van der Waals surface area contributed by atoms with Crippen LogP contribution in [0.3, 0.4) is 0 Å². The van der Waals surface area contributed by atoms with Gasteiger partial charge < -0.3 is 5.11 Å². The van der Waals surface area contributed by atoms with Crippen LogP contribution in [0.1, 0.15) is 18.4 Å². The van der Waals surface area contributed by atoms with Crippen LogP contribution in [-0.4, -0.2) is 16.0 Å². The molecule has 1 aromatic carbocycles. The molecule has 0 aliphatic heterocycles. The standard InChI is InChI=1S/C9H8BrNO4/c1-5(9(12)13)6-2-7(10)4-8(3-6)11(14)15/h2-5H,1H3,(H,12,13). The van der Waals surface area contributed by atoms with Gasteiger partial charge >= 0.3 is 5.97 Å². The number of carboxylic acids is 1. The second kappa shape index (κ2) is 4.39. The Morgan fingerprint density at radius 3 is 2.60 bits per heavy atom. The Balaban J connectivity index is 3.20. The first-order valence-corrected chi connectivity index (χ1v) is 4.89. The van der Waals surface area contributed by atoms with Gasteiger partial charge in [-0.2, -0.15) is 0 Å². The summed E-state index contributed by atoms with van der Waals surface area (Å²) >= 11 is 3.10. The normalized spacial score (nSPS) is 12.1. The van der Waals surface area contributed by atoms with Gasteiger partial charge in [-0.1, -0.05) is 15.9 Å². The topological polar surface area (TPSA) is 80.4 Å². The summed E-state index contributed by atoms with van der Waals surface area (Å²) < 4.78 is 0.500. The Hall–Kier alpha value is -1.43. The molecule has 1 unspecified atom stereocenters. The highest BCUT2D eigenvalue weighted by atomic mass is 79.9. The van der Waals surface area contributed by atoms with Crippen molar-refractivity contribution in [2.24, 2.45) is 0 Å². The molecule has 0 radical (unpaired) electrons. The average molecular weight is 274 g/mol. The van der Waals surface area contributed by atoms with Crippen LogP contribution in [0, 0.1) is 10.1 Å². The Bertz CT molecular complexity index is 419. The molecular weight excluding hydrogens is 266 g/mol. The van der Waals surface area contributed by atoms with Crippen LogP contribution in [0.2, 0.25) is 0 Å². The number of carbonyl (C=O) groups is 1. The van der Waals surface area contributed by atoms with E-state index in [0.29, 0.717) is 10.0 Å². The third-order valence-electron chi connectivity index (χ3n) is 1.99. The maximum absolute atomic E-state index is 10.7. The highest BCUT2D eigenvalue weighted by molar-refractivity contribution is 9.10. The minimum Gasteiger partial charge on any atom is -0.481 e. The molecule has 1 rings (SSSR count). The van der Waals surface area contributed by atoms with Gasteiger partial charge in [-0.25, -0.2) is 0 Å². The van der Waals surface area contributed by atoms with Crippen molar-refractivity contribution in [3.8, 4) is 0 Å². The summed E-state index contributed by atoms with van der Waals surface area (Å²) in [4.78, 5) is 20.7. The summed E-state index contributed by atoms with van der Waals surface area (Å²) in [5, 5.41) is 19.3. The summed E-state index contributed by atoms with van der Waals surface area (Å²) in [6, 6.07) is 4.16. The molecule has 5 nitrogen and oxygen atoms in total. The summed E-state index contributed by atoms with van der Waals surface area (Å²) in [6.45, 7) is 1.48. The van der Waals surface area contributed by atoms with Gasteiger partial charge in [0.15, 0.2) is 0 Å². The zero-order valence-electron chi connectivity index (χ0n) is 7.81. The minimum absolute atomic E-state index is 0.118. The molecule has 0 spiro atoms. The fraction of sp³-hybridized carbons (Fsp3) is 0.222. The summed E-state index contributed by atoms with van der Waals surface area (Å²) in [6.07, 6.45) is 0. The number of rotatable bonds is 3. The summed E-state index contributed by atoms with van der Waals surface area (Å²) in [7, 11) is 0. The van der Waals surface area contributed by atoms with Crippen LogP contribution in [0.5, 0.6) is 0 Å². The Labute approximate surface area is 94.0 Å². The lowest BCUT2D eigenvalue weighted by Crippen LogP contribution is -2.07. The quantitative estimate of drug-likeness (QED) is 0.678. The van der Waals surface area contributed by atoms with Crippen LogP contribution < -0.4 is 0 Å². The minimum atomic E-state index is -1.01. The summed E-state index contributed by atoms with van der Waals surface area (Å²) in [5.74, 6) is -1.77. The van der Waals surface area contributed by atoms with Gasteiger partial charge in [0.05, 0.1) is 10.8 Å². The van der Waals surface area contributed by atoms with Gasteiger partial charge in [-0.15, -0.1) is 0 Å². The monoisotopic (exact) mass is 273 g/mol. The zero-order valence-corrected chi connectivity index (χ0v) is 9.39. The number of halogens is 1. The van der Waals surface area contributed by atoms with Crippen LogP contribution in [0.4, 0.5) is 5.69 Å². The first kappa shape index (κ1) is 11.6. The van der Waals surface area contributed by atoms with Crippen molar-refractivity contribution in [1.82, 2.24) is 0 Å². The molecule has 0 aliphatic carbocycles. The molecule has 0 aliphatic rings. The number of hydrogen-bond donors (Lipinski definition) is 1. The van der Waals surface area contributed by atoms with Gasteiger partial charge in [0.25, 0.3) is 5.69 Å². The molecule has 0 bridgehead atoms. The van der Waals surface area contributed by atoms with Crippen LogP contribution >= 0.6 is 15.9 Å². The van der Waals surface area contributed by atoms with E-state index in [0.717, 1.165) is 0 Å². The maximum Gasteiger partial charge on any atom is 0.310 e. The molecule has 0 saturated carbocycles. The lowest BCUT2D eigenvalue weighted by molar-refractivity contribution is -0.385. The highest BCUT2D eigenvalue weighted by Gasteiger charge is 2.17. The fourth-order valence-electron chi connectivity index (χ4n) is 1.09. The molecule has 0 heterocycles. The Morgan fingerprint density at radius 1 is 1.53 bits per heavy atom. The van der Waals surface area contributed by atoms with Crippen molar-refractivity contribution in [2.75, 3.05) is 0 Å². The van der Waals surface area contributed by atoms with E-state index < -0.39 is 16.8 Å². The van der Waals surface area contributed by atoms with Crippen molar-refractivity contribution in [2.45, 2.75) is 12.8 Å². The van der Waals surface area contributed by atoms with Crippen molar-refractivity contribution < 1.29 is 14.8 Å². The fourth-order valence-corrected chi connectivity index (χ4v) is 1.59. The highest BCUT2D eigenvalue weighted by Crippen LogP contribution is 2.26. The second-order valence-electron chi connectivity index (χ2n) is 3.06. The number of hydrogen-bond acceptors (Lipinski definition) is 3. The number of non-ortho nitro benzene ring substituents is 1. The number of aliphatic carboxylic acids is 1. The lowest BCUT2D eigenvalue weighted by Gasteiger charge is -2.06. The lowest BCUT2D eigenvalue weighted by atomic mass is 10.0.